The van der Waals surface area contributed by atoms with Crippen LogP contribution in [0, 0.1) is 0 Å². The molecule has 2 nitrogen and oxygen atoms in total. The molecule has 0 radical (unpaired) electrons. The molecule has 1 saturated heterocycles. The predicted octanol–water partition coefficient (Wildman–Crippen LogP) is 3.40. The van der Waals surface area contributed by atoms with E-state index in [1.165, 1.54) is 50.8 Å². The Labute approximate surface area is 123 Å². The molecule has 110 valence electrons. The van der Waals surface area contributed by atoms with Crippen LogP contribution >= 0.6 is 0 Å². The van der Waals surface area contributed by atoms with Gasteiger partial charge in [0.1, 0.15) is 0 Å². The number of piperidine rings is 1. The van der Waals surface area contributed by atoms with E-state index in [1.807, 2.05) is 0 Å². The monoisotopic (exact) mass is 272 g/mol. The molecule has 20 heavy (non-hydrogen) atoms. The van der Waals surface area contributed by atoms with Gasteiger partial charge in [-0.2, -0.15) is 0 Å². The summed E-state index contributed by atoms with van der Waals surface area (Å²) >= 11 is 0. The highest BCUT2D eigenvalue weighted by molar-refractivity contribution is 5.22. The molecule has 1 atom stereocenters. The molecule has 1 N–H and O–H groups in total. The van der Waals surface area contributed by atoms with E-state index in [-0.39, 0.29) is 0 Å². The van der Waals surface area contributed by atoms with Crippen molar-refractivity contribution in [1.82, 2.24) is 10.2 Å². The van der Waals surface area contributed by atoms with E-state index >= 15 is 0 Å². The minimum Gasteiger partial charge on any atom is -0.312 e. The van der Waals surface area contributed by atoms with Gasteiger partial charge in [0.2, 0.25) is 0 Å². The largest absolute Gasteiger partial charge is 0.312 e. The number of likely N-dealkylation sites (tertiary alicyclic amines) is 1. The van der Waals surface area contributed by atoms with Gasteiger partial charge in [-0.15, -0.1) is 0 Å². The van der Waals surface area contributed by atoms with Gasteiger partial charge >= 0.3 is 0 Å². The zero-order valence-electron chi connectivity index (χ0n) is 12.7. The summed E-state index contributed by atoms with van der Waals surface area (Å²) < 4.78 is 0. The maximum absolute atomic E-state index is 3.77. The molecule has 1 unspecified atom stereocenters. The first kappa shape index (κ1) is 14.1. The molecule has 0 aromatic heterocycles. The molecule has 0 bridgehead atoms. The van der Waals surface area contributed by atoms with Gasteiger partial charge in [0.25, 0.3) is 0 Å². The van der Waals surface area contributed by atoms with Crippen LogP contribution in [0.5, 0.6) is 0 Å². The average molecular weight is 272 g/mol. The van der Waals surface area contributed by atoms with E-state index < -0.39 is 0 Å². The fourth-order valence-electron chi connectivity index (χ4n) is 3.61. The van der Waals surface area contributed by atoms with Gasteiger partial charge in [0, 0.05) is 18.6 Å². The minimum absolute atomic E-state index is 0.700. The summed E-state index contributed by atoms with van der Waals surface area (Å²) in [5.74, 6) is 0.791. The lowest BCUT2D eigenvalue weighted by Crippen LogP contribution is -2.48. The topological polar surface area (TPSA) is 15.3 Å². The summed E-state index contributed by atoms with van der Waals surface area (Å²) in [4.78, 5) is 2.66. The molecule has 0 spiro atoms. The second kappa shape index (κ2) is 6.73. The van der Waals surface area contributed by atoms with Crippen LogP contribution in [0.15, 0.2) is 30.3 Å². The molecule has 1 aromatic rings. The smallest absolute Gasteiger partial charge is 0.0192 e. The lowest BCUT2D eigenvalue weighted by Gasteiger charge is -2.39. The molecule has 1 aliphatic heterocycles. The molecular formula is C18H28N2. The van der Waals surface area contributed by atoms with Crippen LogP contribution in [0.4, 0.5) is 0 Å². The summed E-state index contributed by atoms with van der Waals surface area (Å²) in [5, 5.41) is 3.77. The first-order valence-electron chi connectivity index (χ1n) is 8.35. The van der Waals surface area contributed by atoms with Crippen LogP contribution in [-0.4, -0.2) is 36.6 Å². The van der Waals surface area contributed by atoms with Gasteiger partial charge in [0.15, 0.2) is 0 Å². The number of nitrogens with zero attached hydrogens (tertiary/aromatic N) is 1. The maximum Gasteiger partial charge on any atom is 0.0192 e. The highest BCUT2D eigenvalue weighted by Crippen LogP contribution is 2.36. The molecule has 1 saturated carbocycles. The number of nitrogens with one attached hydrogen (secondary N) is 1. The van der Waals surface area contributed by atoms with E-state index in [0.717, 1.165) is 18.5 Å². The second-order valence-electron chi connectivity index (χ2n) is 6.63. The van der Waals surface area contributed by atoms with Crippen molar-refractivity contribution in [3.8, 4) is 0 Å². The van der Waals surface area contributed by atoms with E-state index in [4.69, 9.17) is 0 Å². The molecular weight excluding hydrogens is 244 g/mol. The second-order valence-corrected chi connectivity index (χ2v) is 6.63. The van der Waals surface area contributed by atoms with Crippen LogP contribution in [0.25, 0.3) is 0 Å². The van der Waals surface area contributed by atoms with Crippen molar-refractivity contribution in [2.45, 2.75) is 57.0 Å². The SMILES string of the molecule is CC(CNC1CC(c2ccccc2)C1)N1CCCCC1. The number of rotatable bonds is 5. The highest BCUT2D eigenvalue weighted by Gasteiger charge is 2.30. The maximum atomic E-state index is 3.77. The van der Waals surface area contributed by atoms with E-state index in [9.17, 15) is 0 Å². The first-order valence-corrected chi connectivity index (χ1v) is 8.35. The van der Waals surface area contributed by atoms with Crippen LogP contribution in [0.1, 0.15) is 50.5 Å². The van der Waals surface area contributed by atoms with Gasteiger partial charge in [-0.1, -0.05) is 36.8 Å². The third-order valence-corrected chi connectivity index (χ3v) is 5.12. The molecule has 3 rings (SSSR count). The number of hydrogen-bond donors (Lipinski definition) is 1. The molecule has 2 fully saturated rings. The molecule has 1 aromatic carbocycles. The molecule has 1 heterocycles. The Hall–Kier alpha value is -0.860. The molecule has 1 aliphatic carbocycles. The van der Waals surface area contributed by atoms with Crippen molar-refractivity contribution in [3.63, 3.8) is 0 Å². The third-order valence-electron chi connectivity index (χ3n) is 5.12. The molecule has 0 amide bonds. The van der Waals surface area contributed by atoms with E-state index in [1.54, 1.807) is 0 Å². The summed E-state index contributed by atoms with van der Waals surface area (Å²) in [7, 11) is 0. The van der Waals surface area contributed by atoms with Crippen LogP contribution < -0.4 is 5.32 Å². The molecule has 2 aliphatic rings. The van der Waals surface area contributed by atoms with Crippen molar-refractivity contribution >= 4 is 0 Å². The first-order chi connectivity index (χ1) is 9.83. The van der Waals surface area contributed by atoms with Gasteiger partial charge in [-0.3, -0.25) is 4.90 Å². The third kappa shape index (κ3) is 3.42. The Balaban J connectivity index is 1.36. The van der Waals surface area contributed by atoms with Gasteiger partial charge in [0.05, 0.1) is 0 Å². The summed E-state index contributed by atoms with van der Waals surface area (Å²) in [6.45, 7) is 6.15. The Morgan fingerprint density at radius 3 is 2.50 bits per heavy atom. The quantitative estimate of drug-likeness (QED) is 0.884. The number of hydrogen-bond acceptors (Lipinski definition) is 2. The van der Waals surface area contributed by atoms with Gasteiger partial charge in [-0.25, -0.2) is 0 Å². The lowest BCUT2D eigenvalue weighted by atomic mass is 9.76. The van der Waals surface area contributed by atoms with Crippen molar-refractivity contribution in [2.75, 3.05) is 19.6 Å². The summed E-state index contributed by atoms with van der Waals surface area (Å²) in [6, 6.07) is 12.4. The van der Waals surface area contributed by atoms with Crippen molar-refractivity contribution in [3.05, 3.63) is 35.9 Å². The minimum atomic E-state index is 0.700. The van der Waals surface area contributed by atoms with Crippen molar-refractivity contribution < 1.29 is 0 Å². The summed E-state index contributed by atoms with van der Waals surface area (Å²) in [5.41, 5.74) is 1.52. The Morgan fingerprint density at radius 1 is 1.10 bits per heavy atom. The van der Waals surface area contributed by atoms with E-state index in [2.05, 4.69) is 47.5 Å². The summed E-state index contributed by atoms with van der Waals surface area (Å²) in [6.07, 6.45) is 6.85. The standard InChI is InChI=1S/C18H28N2/c1-15(20-10-6-3-7-11-20)14-19-18-12-17(13-18)16-8-4-2-5-9-16/h2,4-5,8-9,15,17-19H,3,6-7,10-14H2,1H3. The molecule has 2 heteroatoms. The van der Waals surface area contributed by atoms with Crippen LogP contribution in [0.3, 0.4) is 0 Å². The van der Waals surface area contributed by atoms with Crippen molar-refractivity contribution in [2.24, 2.45) is 0 Å². The normalized spacial score (nSPS) is 28.9. The van der Waals surface area contributed by atoms with Gasteiger partial charge in [-0.05, 0) is 57.2 Å². The van der Waals surface area contributed by atoms with Gasteiger partial charge < -0.3 is 5.32 Å². The van der Waals surface area contributed by atoms with Crippen LogP contribution in [0.2, 0.25) is 0 Å². The van der Waals surface area contributed by atoms with Crippen LogP contribution in [-0.2, 0) is 0 Å². The Kier molecular flexibility index (Phi) is 4.74. The fourth-order valence-corrected chi connectivity index (χ4v) is 3.61. The van der Waals surface area contributed by atoms with E-state index in [0.29, 0.717) is 6.04 Å². The fraction of sp³-hybridized carbons (Fsp3) is 0.667. The Morgan fingerprint density at radius 2 is 1.80 bits per heavy atom. The lowest BCUT2D eigenvalue weighted by molar-refractivity contribution is 0.160. The number of benzene rings is 1. The zero-order valence-corrected chi connectivity index (χ0v) is 12.7. The average Bonchev–Trinajstić information content (AvgIpc) is 2.47. The highest BCUT2D eigenvalue weighted by atomic mass is 15.2. The zero-order chi connectivity index (χ0) is 13.8. The van der Waals surface area contributed by atoms with Crippen molar-refractivity contribution in [1.29, 1.82) is 0 Å². The predicted molar refractivity (Wildman–Crippen MR) is 85.1 cm³/mol. The Bertz CT molecular complexity index is 391.